The Labute approximate surface area is 115 Å². The molecule has 0 aliphatic carbocycles. The summed E-state index contributed by atoms with van der Waals surface area (Å²) in [5.74, 6) is -0.0253. The second kappa shape index (κ2) is 5.28. The smallest absolute Gasteiger partial charge is 0.256 e. The molecule has 18 heavy (non-hydrogen) atoms. The van der Waals surface area contributed by atoms with Crippen LogP contribution in [0.5, 0.6) is 0 Å². The molecule has 2 rings (SSSR count). The van der Waals surface area contributed by atoms with Crippen LogP contribution in [0.25, 0.3) is 0 Å². The van der Waals surface area contributed by atoms with Crippen LogP contribution in [0.2, 0.25) is 0 Å². The van der Waals surface area contributed by atoms with Gasteiger partial charge in [0.2, 0.25) is 0 Å². The van der Waals surface area contributed by atoms with E-state index < -0.39 is 0 Å². The van der Waals surface area contributed by atoms with Crippen molar-refractivity contribution in [2.24, 2.45) is 0 Å². The molecule has 1 aromatic rings. The number of hydrogen-bond acceptors (Lipinski definition) is 3. The van der Waals surface area contributed by atoms with Gasteiger partial charge in [0, 0.05) is 16.7 Å². The number of anilines is 1. The van der Waals surface area contributed by atoms with Gasteiger partial charge in [-0.15, -0.1) is 0 Å². The Morgan fingerprint density at radius 1 is 1.50 bits per heavy atom. The molecule has 1 aliphatic rings. The van der Waals surface area contributed by atoms with Gasteiger partial charge in [-0.1, -0.05) is 15.9 Å². The van der Waals surface area contributed by atoms with Crippen LogP contribution < -0.4 is 5.73 Å². The highest BCUT2D eigenvalue weighted by Crippen LogP contribution is 2.22. The lowest BCUT2D eigenvalue weighted by Crippen LogP contribution is -2.50. The van der Waals surface area contributed by atoms with Crippen molar-refractivity contribution in [3.63, 3.8) is 0 Å². The van der Waals surface area contributed by atoms with Crippen LogP contribution in [0.4, 0.5) is 5.69 Å². The number of nitrogen functional groups attached to an aromatic ring is 1. The van der Waals surface area contributed by atoms with Crippen LogP contribution >= 0.6 is 15.9 Å². The quantitative estimate of drug-likeness (QED) is 0.809. The second-order valence-corrected chi connectivity index (χ2v) is 5.60. The maximum atomic E-state index is 12.5. The minimum absolute atomic E-state index is 0.0253. The van der Waals surface area contributed by atoms with Gasteiger partial charge in [0.15, 0.2) is 0 Å². The molecule has 1 heterocycles. The van der Waals surface area contributed by atoms with E-state index in [0.29, 0.717) is 24.4 Å². The van der Waals surface area contributed by atoms with Crippen LogP contribution in [-0.2, 0) is 4.74 Å². The van der Waals surface area contributed by atoms with E-state index in [-0.39, 0.29) is 18.1 Å². The molecule has 2 unspecified atom stereocenters. The molecule has 1 fully saturated rings. The lowest BCUT2D eigenvalue weighted by Gasteiger charge is -2.37. The van der Waals surface area contributed by atoms with Gasteiger partial charge >= 0.3 is 0 Å². The third kappa shape index (κ3) is 2.67. The normalized spacial score (nSPS) is 24.1. The summed E-state index contributed by atoms with van der Waals surface area (Å²) in [5, 5.41) is 0. The fourth-order valence-corrected chi connectivity index (χ4v) is 2.45. The van der Waals surface area contributed by atoms with Gasteiger partial charge in [-0.2, -0.15) is 0 Å². The average molecular weight is 313 g/mol. The first kappa shape index (κ1) is 13.4. The van der Waals surface area contributed by atoms with Gasteiger partial charge in [-0.05, 0) is 32.0 Å². The highest BCUT2D eigenvalue weighted by atomic mass is 79.9. The summed E-state index contributed by atoms with van der Waals surface area (Å²) in [6.45, 7) is 5.13. The van der Waals surface area contributed by atoms with Crippen LogP contribution in [0, 0.1) is 0 Å². The highest BCUT2D eigenvalue weighted by Gasteiger charge is 2.29. The Morgan fingerprint density at radius 3 is 2.89 bits per heavy atom. The standard InChI is InChI=1S/C13H17BrN2O2/c1-8-7-18-9(2)6-16(8)13(17)11-4-3-10(14)5-12(11)15/h3-5,8-9H,6-7,15H2,1-2H3. The molecule has 4 nitrogen and oxygen atoms in total. The predicted octanol–water partition coefficient (Wildman–Crippen LogP) is 2.28. The Bertz CT molecular complexity index is 464. The molecule has 1 amide bonds. The lowest BCUT2D eigenvalue weighted by molar-refractivity contribution is -0.0386. The van der Waals surface area contributed by atoms with E-state index in [1.165, 1.54) is 0 Å². The summed E-state index contributed by atoms with van der Waals surface area (Å²) in [4.78, 5) is 14.3. The van der Waals surface area contributed by atoms with Gasteiger partial charge in [-0.3, -0.25) is 4.79 Å². The third-order valence-electron chi connectivity index (χ3n) is 3.11. The average Bonchev–Trinajstić information content (AvgIpc) is 2.31. The molecule has 1 saturated heterocycles. The molecule has 0 saturated carbocycles. The van der Waals surface area contributed by atoms with Crippen LogP contribution in [0.15, 0.2) is 22.7 Å². The number of hydrogen-bond donors (Lipinski definition) is 1. The predicted molar refractivity (Wildman–Crippen MR) is 74.5 cm³/mol. The molecule has 98 valence electrons. The number of ether oxygens (including phenoxy) is 1. The maximum Gasteiger partial charge on any atom is 0.256 e. The first-order valence-electron chi connectivity index (χ1n) is 5.96. The van der Waals surface area contributed by atoms with Crippen molar-refractivity contribution in [3.05, 3.63) is 28.2 Å². The van der Waals surface area contributed by atoms with Crippen molar-refractivity contribution >= 4 is 27.5 Å². The van der Waals surface area contributed by atoms with E-state index >= 15 is 0 Å². The summed E-state index contributed by atoms with van der Waals surface area (Å²) in [6.07, 6.45) is 0.0711. The van der Waals surface area contributed by atoms with Gasteiger partial charge < -0.3 is 15.4 Å². The molecule has 0 radical (unpaired) electrons. The maximum absolute atomic E-state index is 12.5. The molecule has 0 aromatic heterocycles. The molecule has 5 heteroatoms. The number of halogens is 1. The van der Waals surface area contributed by atoms with E-state index in [2.05, 4.69) is 15.9 Å². The number of morpholine rings is 1. The fraction of sp³-hybridized carbons (Fsp3) is 0.462. The zero-order valence-corrected chi connectivity index (χ0v) is 12.1. The Balaban J connectivity index is 2.24. The molecule has 2 N–H and O–H groups in total. The zero-order valence-electron chi connectivity index (χ0n) is 10.5. The SMILES string of the molecule is CC1CN(C(=O)c2ccc(Br)cc2N)C(C)CO1. The summed E-state index contributed by atoms with van der Waals surface area (Å²) in [5.41, 5.74) is 6.96. The zero-order chi connectivity index (χ0) is 13.3. The second-order valence-electron chi connectivity index (χ2n) is 4.68. The van der Waals surface area contributed by atoms with E-state index in [4.69, 9.17) is 10.5 Å². The van der Waals surface area contributed by atoms with Gasteiger partial charge in [0.05, 0.1) is 24.3 Å². The van der Waals surface area contributed by atoms with Gasteiger partial charge in [0.25, 0.3) is 5.91 Å². The minimum atomic E-state index is -0.0253. The molecule has 1 aromatic carbocycles. The molecule has 0 spiro atoms. The first-order chi connectivity index (χ1) is 8.49. The molecule has 1 aliphatic heterocycles. The minimum Gasteiger partial charge on any atom is -0.398 e. The Hall–Kier alpha value is -1.07. The number of carbonyl (C=O) groups excluding carboxylic acids is 1. The van der Waals surface area contributed by atoms with Crippen molar-refractivity contribution in [2.75, 3.05) is 18.9 Å². The largest absolute Gasteiger partial charge is 0.398 e. The number of benzene rings is 1. The van der Waals surface area contributed by atoms with Crippen LogP contribution in [0.3, 0.4) is 0 Å². The van der Waals surface area contributed by atoms with E-state index in [0.717, 1.165) is 4.47 Å². The van der Waals surface area contributed by atoms with E-state index in [9.17, 15) is 4.79 Å². The highest BCUT2D eigenvalue weighted by molar-refractivity contribution is 9.10. The number of carbonyl (C=O) groups is 1. The third-order valence-corrected chi connectivity index (χ3v) is 3.61. The topological polar surface area (TPSA) is 55.6 Å². The number of nitrogens with zero attached hydrogens (tertiary/aromatic N) is 1. The number of nitrogens with two attached hydrogens (primary N) is 1. The van der Waals surface area contributed by atoms with Gasteiger partial charge in [0.1, 0.15) is 0 Å². The van der Waals surface area contributed by atoms with Crippen molar-refractivity contribution in [2.45, 2.75) is 26.0 Å². The van der Waals surface area contributed by atoms with Crippen LogP contribution in [0.1, 0.15) is 24.2 Å². The Morgan fingerprint density at radius 2 is 2.22 bits per heavy atom. The number of rotatable bonds is 1. The van der Waals surface area contributed by atoms with Crippen LogP contribution in [-0.4, -0.2) is 36.1 Å². The van der Waals surface area contributed by atoms with Crippen molar-refractivity contribution < 1.29 is 9.53 Å². The van der Waals surface area contributed by atoms with E-state index in [1.54, 1.807) is 12.1 Å². The molecular weight excluding hydrogens is 296 g/mol. The lowest BCUT2D eigenvalue weighted by atomic mass is 10.1. The summed E-state index contributed by atoms with van der Waals surface area (Å²) in [7, 11) is 0. The van der Waals surface area contributed by atoms with Crippen molar-refractivity contribution in [3.8, 4) is 0 Å². The first-order valence-corrected chi connectivity index (χ1v) is 6.76. The molecule has 2 atom stereocenters. The summed E-state index contributed by atoms with van der Waals surface area (Å²) < 4.78 is 6.40. The summed E-state index contributed by atoms with van der Waals surface area (Å²) >= 11 is 3.34. The van der Waals surface area contributed by atoms with E-state index in [1.807, 2.05) is 24.8 Å². The van der Waals surface area contributed by atoms with Gasteiger partial charge in [-0.25, -0.2) is 0 Å². The Kier molecular flexibility index (Phi) is 3.92. The molecule has 0 bridgehead atoms. The van der Waals surface area contributed by atoms with Crippen molar-refractivity contribution in [1.82, 2.24) is 4.90 Å². The molecular formula is C13H17BrN2O2. The fourth-order valence-electron chi connectivity index (χ4n) is 2.07. The number of amides is 1. The van der Waals surface area contributed by atoms with Crippen molar-refractivity contribution in [1.29, 1.82) is 0 Å². The summed E-state index contributed by atoms with van der Waals surface area (Å²) in [6, 6.07) is 5.42. The monoisotopic (exact) mass is 312 g/mol.